The van der Waals surface area contributed by atoms with Crippen molar-refractivity contribution in [2.45, 2.75) is 19.3 Å². The van der Waals surface area contributed by atoms with Gasteiger partial charge in [0.25, 0.3) is 0 Å². The Morgan fingerprint density at radius 3 is 2.38 bits per heavy atom. The number of aliphatic hydroxyl groups excluding tert-OH is 1. The van der Waals surface area contributed by atoms with Gasteiger partial charge < -0.3 is 5.11 Å². The third kappa shape index (κ3) is 9.35. The second-order valence-electron chi connectivity index (χ2n) is 1.34. The Morgan fingerprint density at radius 2 is 2.00 bits per heavy atom. The van der Waals surface area contributed by atoms with E-state index in [0.717, 1.165) is 12.8 Å². The van der Waals surface area contributed by atoms with Crippen LogP contribution in [-0.2, 0) is 16.8 Å². The van der Waals surface area contributed by atoms with Crippen LogP contribution in [0.2, 0.25) is 0 Å². The van der Waals surface area contributed by atoms with E-state index in [1.807, 2.05) is 6.07 Å². The molecule has 0 rings (SSSR count). The van der Waals surface area contributed by atoms with Gasteiger partial charge in [-0.25, -0.2) is 0 Å². The molecule has 0 aromatic rings. The normalized spacial score (nSPS) is 7.00. The number of nitrogens with zero attached hydrogens (tertiary/aromatic N) is 1. The van der Waals surface area contributed by atoms with Gasteiger partial charge in [0.2, 0.25) is 0 Å². The first kappa shape index (κ1) is 10.9. The van der Waals surface area contributed by atoms with Crippen molar-refractivity contribution in [3.8, 4) is 6.07 Å². The van der Waals surface area contributed by atoms with Crippen LogP contribution in [0.25, 0.3) is 0 Å². The smallest absolute Gasteiger partial charge is 0.0621 e. The molecular formula is C5H9CoNO. The van der Waals surface area contributed by atoms with E-state index in [4.69, 9.17) is 10.4 Å². The molecule has 0 aliphatic carbocycles. The molecule has 1 radical (unpaired) electrons. The van der Waals surface area contributed by atoms with Gasteiger partial charge in [-0.1, -0.05) is 0 Å². The Bertz CT molecular complexity index is 69.3. The monoisotopic (exact) mass is 158 g/mol. The zero-order valence-electron chi connectivity index (χ0n) is 4.56. The molecule has 0 atom stereocenters. The van der Waals surface area contributed by atoms with Gasteiger partial charge in [-0.15, -0.1) is 0 Å². The number of unbranched alkanes of at least 4 members (excludes halogenated alkanes) is 2. The molecule has 0 fully saturated rings. The van der Waals surface area contributed by atoms with E-state index in [1.54, 1.807) is 0 Å². The molecule has 0 unspecified atom stereocenters. The van der Waals surface area contributed by atoms with Gasteiger partial charge in [0.1, 0.15) is 0 Å². The summed E-state index contributed by atoms with van der Waals surface area (Å²) in [5.41, 5.74) is 0. The SMILES string of the molecule is N#CCCCCO.[Co]. The minimum absolute atomic E-state index is 0. The standard InChI is InChI=1S/C5H9NO.Co/c6-4-2-1-3-5-7;/h7H,1-3,5H2;. The average Bonchev–Trinajstić information content (AvgIpc) is 1.69. The van der Waals surface area contributed by atoms with Crippen molar-refractivity contribution in [2.75, 3.05) is 6.61 Å². The van der Waals surface area contributed by atoms with Gasteiger partial charge in [0.15, 0.2) is 0 Å². The second kappa shape index (κ2) is 10.0. The Labute approximate surface area is 59.7 Å². The molecule has 8 heavy (non-hydrogen) atoms. The quantitative estimate of drug-likeness (QED) is 0.613. The molecule has 0 aliphatic heterocycles. The summed E-state index contributed by atoms with van der Waals surface area (Å²) >= 11 is 0. The van der Waals surface area contributed by atoms with Crippen LogP contribution in [0.4, 0.5) is 0 Å². The van der Waals surface area contributed by atoms with Gasteiger partial charge in [0, 0.05) is 29.8 Å². The second-order valence-corrected chi connectivity index (χ2v) is 1.34. The summed E-state index contributed by atoms with van der Waals surface area (Å²) in [6.45, 7) is 0.210. The van der Waals surface area contributed by atoms with Crippen LogP contribution in [0.5, 0.6) is 0 Å². The van der Waals surface area contributed by atoms with Crippen LogP contribution in [0.1, 0.15) is 19.3 Å². The van der Waals surface area contributed by atoms with Gasteiger partial charge in [0.05, 0.1) is 6.07 Å². The van der Waals surface area contributed by atoms with Crippen molar-refractivity contribution in [1.82, 2.24) is 0 Å². The van der Waals surface area contributed by atoms with Crippen LogP contribution in [0.3, 0.4) is 0 Å². The summed E-state index contributed by atoms with van der Waals surface area (Å²) in [4.78, 5) is 0. The van der Waals surface area contributed by atoms with E-state index in [1.165, 1.54) is 0 Å². The van der Waals surface area contributed by atoms with Crippen molar-refractivity contribution in [2.24, 2.45) is 0 Å². The van der Waals surface area contributed by atoms with Gasteiger partial charge in [-0.2, -0.15) is 5.26 Å². The average molecular weight is 158 g/mol. The summed E-state index contributed by atoms with van der Waals surface area (Å²) in [6.07, 6.45) is 2.15. The number of rotatable bonds is 3. The summed E-state index contributed by atoms with van der Waals surface area (Å²) in [6, 6.07) is 1.99. The van der Waals surface area contributed by atoms with Gasteiger partial charge in [-0.3, -0.25) is 0 Å². The van der Waals surface area contributed by atoms with Gasteiger partial charge >= 0.3 is 0 Å². The Morgan fingerprint density at radius 1 is 1.38 bits per heavy atom. The molecule has 0 saturated carbocycles. The molecule has 0 aromatic carbocycles. The third-order valence-electron chi connectivity index (χ3n) is 0.697. The molecule has 49 valence electrons. The first-order chi connectivity index (χ1) is 3.41. The van der Waals surface area contributed by atoms with E-state index in [-0.39, 0.29) is 23.4 Å². The Kier molecular flexibility index (Phi) is 13.6. The maximum absolute atomic E-state index is 8.18. The Balaban J connectivity index is 0. The van der Waals surface area contributed by atoms with E-state index in [9.17, 15) is 0 Å². The van der Waals surface area contributed by atoms with Crippen molar-refractivity contribution < 1.29 is 21.9 Å². The minimum Gasteiger partial charge on any atom is -0.396 e. The number of hydrogen-bond donors (Lipinski definition) is 1. The topological polar surface area (TPSA) is 44.0 Å². The number of nitriles is 1. The fourth-order valence-corrected chi connectivity index (χ4v) is 0.316. The molecule has 0 spiro atoms. The molecule has 0 saturated heterocycles. The fourth-order valence-electron chi connectivity index (χ4n) is 0.316. The van der Waals surface area contributed by atoms with Gasteiger partial charge in [-0.05, 0) is 12.8 Å². The van der Waals surface area contributed by atoms with Crippen LogP contribution >= 0.6 is 0 Å². The van der Waals surface area contributed by atoms with Crippen molar-refractivity contribution in [1.29, 1.82) is 5.26 Å². The zero-order chi connectivity index (χ0) is 5.54. The summed E-state index contributed by atoms with van der Waals surface area (Å²) < 4.78 is 0. The molecule has 2 nitrogen and oxygen atoms in total. The van der Waals surface area contributed by atoms with E-state index >= 15 is 0 Å². The van der Waals surface area contributed by atoms with Crippen LogP contribution in [0.15, 0.2) is 0 Å². The Hall–Kier alpha value is -0.0435. The van der Waals surface area contributed by atoms with Crippen LogP contribution < -0.4 is 0 Å². The summed E-state index contributed by atoms with van der Waals surface area (Å²) in [5, 5.41) is 16.1. The zero-order valence-corrected chi connectivity index (χ0v) is 5.60. The maximum Gasteiger partial charge on any atom is 0.0621 e. The molecule has 3 heteroatoms. The van der Waals surface area contributed by atoms with Crippen LogP contribution in [-0.4, -0.2) is 11.7 Å². The number of aliphatic hydroxyl groups is 1. The van der Waals surface area contributed by atoms with Crippen molar-refractivity contribution in [3.63, 3.8) is 0 Å². The molecule has 0 heterocycles. The number of hydrogen-bond acceptors (Lipinski definition) is 2. The van der Waals surface area contributed by atoms with E-state index in [2.05, 4.69) is 0 Å². The largest absolute Gasteiger partial charge is 0.396 e. The third-order valence-corrected chi connectivity index (χ3v) is 0.697. The molecule has 0 aromatic heterocycles. The van der Waals surface area contributed by atoms with Crippen LogP contribution in [0, 0.1) is 11.3 Å². The molecule has 0 bridgehead atoms. The molecule has 1 N–H and O–H groups in total. The van der Waals surface area contributed by atoms with E-state index < -0.39 is 0 Å². The summed E-state index contributed by atoms with van der Waals surface area (Å²) in [7, 11) is 0. The molecule has 0 aliphatic rings. The predicted octanol–water partition coefficient (Wildman–Crippen LogP) is 0.670. The molecule has 0 amide bonds. The fraction of sp³-hybridized carbons (Fsp3) is 0.800. The summed E-state index contributed by atoms with van der Waals surface area (Å²) in [5.74, 6) is 0. The minimum atomic E-state index is 0. The molecular weight excluding hydrogens is 149 g/mol. The first-order valence-electron chi connectivity index (χ1n) is 2.39. The maximum atomic E-state index is 8.18. The first-order valence-corrected chi connectivity index (χ1v) is 2.39. The van der Waals surface area contributed by atoms with E-state index in [0.29, 0.717) is 6.42 Å². The predicted molar refractivity (Wildman–Crippen MR) is 26.5 cm³/mol. The van der Waals surface area contributed by atoms with Crippen molar-refractivity contribution in [3.05, 3.63) is 0 Å². The van der Waals surface area contributed by atoms with Crippen molar-refractivity contribution >= 4 is 0 Å².